The summed E-state index contributed by atoms with van der Waals surface area (Å²) in [5.41, 5.74) is 1.00. The first-order chi connectivity index (χ1) is 7.71. The fraction of sp³-hybridized carbons (Fsp3) is 0.300. The standard InChI is InChI=1S/C10H13ClN2O3S/c1-7-6-8(12-10(14)13(2)3)4-5-9(7)17(11,15)16/h4-6H,1-3H3,(H,12,14). The van der Waals surface area contributed by atoms with Crippen molar-refractivity contribution < 1.29 is 13.2 Å². The molecule has 7 heteroatoms. The fourth-order valence-electron chi connectivity index (χ4n) is 1.24. The zero-order valence-corrected chi connectivity index (χ0v) is 11.3. The van der Waals surface area contributed by atoms with Crippen molar-refractivity contribution >= 4 is 31.5 Å². The van der Waals surface area contributed by atoms with E-state index >= 15 is 0 Å². The summed E-state index contributed by atoms with van der Waals surface area (Å²) in [7, 11) is 4.72. The Balaban J connectivity index is 3.02. The second-order valence-electron chi connectivity index (χ2n) is 3.74. The van der Waals surface area contributed by atoms with E-state index in [4.69, 9.17) is 10.7 Å². The van der Waals surface area contributed by atoms with Gasteiger partial charge in [-0.15, -0.1) is 0 Å². The molecule has 0 atom stereocenters. The van der Waals surface area contributed by atoms with Gasteiger partial charge < -0.3 is 10.2 Å². The van der Waals surface area contributed by atoms with Crippen LogP contribution in [-0.4, -0.2) is 33.4 Å². The van der Waals surface area contributed by atoms with Crippen LogP contribution in [0.4, 0.5) is 10.5 Å². The molecule has 0 aliphatic carbocycles. The first-order valence-electron chi connectivity index (χ1n) is 4.75. The minimum Gasteiger partial charge on any atom is -0.331 e. The highest BCUT2D eigenvalue weighted by Crippen LogP contribution is 2.22. The van der Waals surface area contributed by atoms with Crippen LogP contribution < -0.4 is 5.32 Å². The molecule has 0 unspecified atom stereocenters. The zero-order chi connectivity index (χ0) is 13.2. The Morgan fingerprint density at radius 1 is 1.35 bits per heavy atom. The van der Waals surface area contributed by atoms with Crippen molar-refractivity contribution in [2.75, 3.05) is 19.4 Å². The SMILES string of the molecule is Cc1cc(NC(=O)N(C)C)ccc1S(=O)(=O)Cl. The van der Waals surface area contributed by atoms with E-state index in [1.165, 1.54) is 17.0 Å². The number of rotatable bonds is 2. The molecule has 0 aliphatic rings. The van der Waals surface area contributed by atoms with E-state index in [0.29, 0.717) is 11.3 Å². The molecule has 1 aromatic rings. The number of nitrogens with one attached hydrogen (secondary N) is 1. The predicted molar refractivity (Wildman–Crippen MR) is 66.9 cm³/mol. The molecule has 0 saturated carbocycles. The van der Waals surface area contributed by atoms with E-state index < -0.39 is 9.05 Å². The van der Waals surface area contributed by atoms with Crippen LogP contribution in [0.1, 0.15) is 5.56 Å². The van der Waals surface area contributed by atoms with Gasteiger partial charge in [0, 0.05) is 30.5 Å². The summed E-state index contributed by atoms with van der Waals surface area (Å²) in [5.74, 6) is 0. The Morgan fingerprint density at radius 3 is 2.35 bits per heavy atom. The van der Waals surface area contributed by atoms with Crippen molar-refractivity contribution in [3.63, 3.8) is 0 Å². The average Bonchev–Trinajstić information content (AvgIpc) is 2.15. The monoisotopic (exact) mass is 276 g/mol. The van der Waals surface area contributed by atoms with Gasteiger partial charge in [0.25, 0.3) is 9.05 Å². The summed E-state index contributed by atoms with van der Waals surface area (Å²) < 4.78 is 22.3. The Bertz CT molecular complexity index is 540. The number of hydrogen-bond acceptors (Lipinski definition) is 3. The maximum atomic E-state index is 11.4. The van der Waals surface area contributed by atoms with Gasteiger partial charge in [-0.2, -0.15) is 0 Å². The van der Waals surface area contributed by atoms with Gasteiger partial charge in [-0.05, 0) is 30.7 Å². The van der Waals surface area contributed by atoms with Crippen molar-refractivity contribution in [3.8, 4) is 0 Å². The molecule has 1 N–H and O–H groups in total. The molecule has 0 aromatic heterocycles. The van der Waals surface area contributed by atoms with Crippen LogP contribution in [0.5, 0.6) is 0 Å². The number of aryl methyl sites for hydroxylation is 1. The van der Waals surface area contributed by atoms with E-state index in [1.54, 1.807) is 27.1 Å². The number of carbonyl (C=O) groups is 1. The van der Waals surface area contributed by atoms with Gasteiger partial charge >= 0.3 is 6.03 Å². The topological polar surface area (TPSA) is 66.5 Å². The van der Waals surface area contributed by atoms with Gasteiger partial charge in [0.05, 0.1) is 4.90 Å². The van der Waals surface area contributed by atoms with Crippen molar-refractivity contribution in [1.82, 2.24) is 4.90 Å². The second kappa shape index (κ2) is 4.93. The van der Waals surface area contributed by atoms with Gasteiger partial charge in [0.2, 0.25) is 0 Å². The summed E-state index contributed by atoms with van der Waals surface area (Å²) in [4.78, 5) is 12.8. The molecule has 0 fully saturated rings. The maximum Gasteiger partial charge on any atom is 0.321 e. The van der Waals surface area contributed by atoms with Crippen LogP contribution in [0, 0.1) is 6.92 Å². The van der Waals surface area contributed by atoms with E-state index in [0.717, 1.165) is 0 Å². The first kappa shape index (κ1) is 13.8. The molecule has 0 heterocycles. The lowest BCUT2D eigenvalue weighted by Gasteiger charge is -2.13. The summed E-state index contributed by atoms with van der Waals surface area (Å²) in [6.45, 7) is 1.61. The average molecular weight is 277 g/mol. The lowest BCUT2D eigenvalue weighted by atomic mass is 10.2. The van der Waals surface area contributed by atoms with Crippen LogP contribution in [0.15, 0.2) is 23.1 Å². The molecule has 0 bridgehead atoms. The number of urea groups is 1. The number of halogens is 1. The third-order valence-electron chi connectivity index (χ3n) is 2.10. The summed E-state index contributed by atoms with van der Waals surface area (Å²) in [6, 6.07) is 4.12. The van der Waals surface area contributed by atoms with E-state index in [1.807, 2.05) is 0 Å². The molecular weight excluding hydrogens is 264 g/mol. The molecule has 0 spiro atoms. The number of hydrogen-bond donors (Lipinski definition) is 1. The maximum absolute atomic E-state index is 11.4. The van der Waals surface area contributed by atoms with E-state index in [-0.39, 0.29) is 10.9 Å². The minimum atomic E-state index is -3.75. The summed E-state index contributed by atoms with van der Waals surface area (Å²) in [6.07, 6.45) is 0. The van der Waals surface area contributed by atoms with Crippen molar-refractivity contribution in [2.45, 2.75) is 11.8 Å². The molecule has 1 rings (SSSR count). The van der Waals surface area contributed by atoms with Crippen molar-refractivity contribution in [1.29, 1.82) is 0 Å². The van der Waals surface area contributed by atoms with Crippen LogP contribution in [0.3, 0.4) is 0 Å². The highest BCUT2D eigenvalue weighted by Gasteiger charge is 2.14. The minimum absolute atomic E-state index is 0.0435. The molecule has 0 radical (unpaired) electrons. The number of carbonyl (C=O) groups excluding carboxylic acids is 1. The van der Waals surface area contributed by atoms with Crippen molar-refractivity contribution in [3.05, 3.63) is 23.8 Å². The fourth-order valence-corrected chi connectivity index (χ4v) is 2.43. The molecule has 0 aliphatic heterocycles. The highest BCUT2D eigenvalue weighted by molar-refractivity contribution is 8.13. The normalized spacial score (nSPS) is 11.1. The van der Waals surface area contributed by atoms with Crippen LogP contribution in [-0.2, 0) is 9.05 Å². The molecular formula is C10H13ClN2O3S. The quantitative estimate of drug-likeness (QED) is 0.841. The Morgan fingerprint density at radius 2 is 1.94 bits per heavy atom. The number of anilines is 1. The van der Waals surface area contributed by atoms with Gasteiger partial charge in [-0.1, -0.05) is 0 Å². The zero-order valence-electron chi connectivity index (χ0n) is 9.69. The van der Waals surface area contributed by atoms with Gasteiger partial charge in [-0.3, -0.25) is 0 Å². The summed E-state index contributed by atoms with van der Waals surface area (Å²) >= 11 is 0. The summed E-state index contributed by atoms with van der Waals surface area (Å²) in [5, 5.41) is 2.61. The van der Waals surface area contributed by atoms with E-state index in [2.05, 4.69) is 5.32 Å². The number of benzene rings is 1. The van der Waals surface area contributed by atoms with Crippen LogP contribution in [0.25, 0.3) is 0 Å². The Hall–Kier alpha value is -1.27. The molecule has 5 nitrogen and oxygen atoms in total. The van der Waals surface area contributed by atoms with Crippen molar-refractivity contribution in [2.24, 2.45) is 0 Å². The largest absolute Gasteiger partial charge is 0.331 e. The smallest absolute Gasteiger partial charge is 0.321 e. The van der Waals surface area contributed by atoms with Crippen LogP contribution in [0.2, 0.25) is 0 Å². The Labute approximate surface area is 105 Å². The first-order valence-corrected chi connectivity index (χ1v) is 7.06. The second-order valence-corrected chi connectivity index (χ2v) is 6.28. The number of nitrogens with zero attached hydrogens (tertiary/aromatic N) is 1. The van der Waals surface area contributed by atoms with Gasteiger partial charge in [-0.25, -0.2) is 13.2 Å². The van der Waals surface area contributed by atoms with Gasteiger partial charge in [0.15, 0.2) is 0 Å². The number of amides is 2. The third-order valence-corrected chi connectivity index (χ3v) is 3.58. The third kappa shape index (κ3) is 3.61. The lowest BCUT2D eigenvalue weighted by molar-refractivity contribution is 0.230. The van der Waals surface area contributed by atoms with Crippen LogP contribution >= 0.6 is 10.7 Å². The molecule has 2 amide bonds. The molecule has 1 aromatic carbocycles. The van der Waals surface area contributed by atoms with E-state index in [9.17, 15) is 13.2 Å². The molecule has 94 valence electrons. The lowest BCUT2D eigenvalue weighted by Crippen LogP contribution is -2.27. The molecule has 0 saturated heterocycles. The molecule has 17 heavy (non-hydrogen) atoms. The Kier molecular flexibility index (Phi) is 4.00. The highest BCUT2D eigenvalue weighted by atomic mass is 35.7. The predicted octanol–water partition coefficient (Wildman–Crippen LogP) is 2.02. The van der Waals surface area contributed by atoms with Gasteiger partial charge in [0.1, 0.15) is 0 Å².